The number of rotatable bonds is 7. The Bertz CT molecular complexity index is 675. The van der Waals surface area contributed by atoms with Crippen molar-refractivity contribution in [2.45, 2.75) is 37.1 Å². The van der Waals surface area contributed by atoms with Crippen LogP contribution in [0, 0.1) is 5.82 Å². The first-order valence-electron chi connectivity index (χ1n) is 7.18. The Morgan fingerprint density at radius 3 is 2.78 bits per heavy atom. The Balaban J connectivity index is 1.88. The molecule has 1 amide bonds. The summed E-state index contributed by atoms with van der Waals surface area (Å²) in [5, 5.41) is 14.3. The first-order valence-corrected chi connectivity index (χ1v) is 8.99. The predicted molar refractivity (Wildman–Crippen MR) is 92.8 cm³/mol. The summed E-state index contributed by atoms with van der Waals surface area (Å²) in [6, 6.07) is 6.36. The molecule has 0 unspecified atom stereocenters. The van der Waals surface area contributed by atoms with Gasteiger partial charge in [0.05, 0.1) is 11.4 Å². The fourth-order valence-electron chi connectivity index (χ4n) is 1.63. The van der Waals surface area contributed by atoms with Crippen molar-refractivity contribution in [2.75, 3.05) is 11.1 Å². The lowest BCUT2D eigenvalue weighted by Gasteiger charge is -2.24. The Morgan fingerprint density at radius 2 is 2.09 bits per heavy atom. The molecule has 0 atom stereocenters. The molecule has 1 aromatic carbocycles. The minimum absolute atomic E-state index is 0.0411. The first-order chi connectivity index (χ1) is 10.9. The average Bonchev–Trinajstić information content (AvgIpc) is 2.95. The minimum atomic E-state index is -0.349. The van der Waals surface area contributed by atoms with Gasteiger partial charge in [-0.1, -0.05) is 42.2 Å². The lowest BCUT2D eigenvalue weighted by atomic mass is 10.0. The molecule has 2 aromatic rings. The topological polar surface area (TPSA) is 66.9 Å². The Kier molecular flexibility index (Phi) is 5.95. The number of carbonyl (C=O) groups is 1. The van der Waals surface area contributed by atoms with Crippen LogP contribution in [0.1, 0.15) is 27.2 Å². The second-order valence-corrected chi connectivity index (χ2v) is 7.75. The van der Waals surface area contributed by atoms with Crippen LogP contribution >= 0.6 is 23.1 Å². The first kappa shape index (κ1) is 17.7. The number of anilines is 2. The smallest absolute Gasteiger partial charge is 0.230 e. The summed E-state index contributed by atoms with van der Waals surface area (Å²) in [5.41, 5.74) is 0.138. The van der Waals surface area contributed by atoms with E-state index in [2.05, 4.69) is 20.8 Å². The second-order valence-electron chi connectivity index (χ2n) is 5.55. The summed E-state index contributed by atoms with van der Waals surface area (Å²) >= 11 is 2.60. The quantitative estimate of drug-likeness (QED) is 0.740. The van der Waals surface area contributed by atoms with Crippen molar-refractivity contribution in [1.29, 1.82) is 0 Å². The van der Waals surface area contributed by atoms with E-state index >= 15 is 0 Å². The van der Waals surface area contributed by atoms with E-state index in [0.29, 0.717) is 15.2 Å². The van der Waals surface area contributed by atoms with Crippen molar-refractivity contribution >= 4 is 39.8 Å². The standard InChI is InChI=1S/C15H19FN4OS2/c1-4-15(2,3)18-12(21)9-22-14-20-19-13(23-14)17-11-8-6-5-7-10(11)16/h5-8H,4,9H2,1-3H3,(H,17,19)(H,18,21). The zero-order chi connectivity index (χ0) is 16.9. The second kappa shape index (κ2) is 7.74. The summed E-state index contributed by atoms with van der Waals surface area (Å²) in [6.45, 7) is 5.99. The number of amides is 1. The third kappa shape index (κ3) is 5.47. The van der Waals surface area contributed by atoms with Gasteiger partial charge in [-0.2, -0.15) is 0 Å². The number of hydrogen-bond acceptors (Lipinski definition) is 6. The van der Waals surface area contributed by atoms with E-state index in [4.69, 9.17) is 0 Å². The number of thioether (sulfide) groups is 1. The molecule has 0 aliphatic carbocycles. The summed E-state index contributed by atoms with van der Waals surface area (Å²) in [6.07, 6.45) is 0.860. The molecule has 0 aliphatic rings. The van der Waals surface area contributed by atoms with Gasteiger partial charge >= 0.3 is 0 Å². The van der Waals surface area contributed by atoms with Crippen LogP contribution in [-0.2, 0) is 4.79 Å². The normalized spacial score (nSPS) is 11.3. The van der Waals surface area contributed by atoms with Gasteiger partial charge in [-0.3, -0.25) is 4.79 Å². The molecule has 23 heavy (non-hydrogen) atoms. The third-order valence-corrected chi connectivity index (χ3v) is 5.18. The van der Waals surface area contributed by atoms with Gasteiger partial charge in [0.2, 0.25) is 11.0 Å². The molecule has 0 saturated heterocycles. The summed E-state index contributed by atoms with van der Waals surface area (Å²) in [7, 11) is 0. The van der Waals surface area contributed by atoms with Gasteiger partial charge in [0.1, 0.15) is 5.82 Å². The van der Waals surface area contributed by atoms with E-state index in [1.807, 2.05) is 20.8 Å². The van der Waals surface area contributed by atoms with Crippen molar-refractivity contribution in [3.8, 4) is 0 Å². The molecule has 0 radical (unpaired) electrons. The van der Waals surface area contributed by atoms with Gasteiger partial charge in [-0.05, 0) is 32.4 Å². The molecule has 2 N–H and O–H groups in total. The maximum Gasteiger partial charge on any atom is 0.230 e. The number of para-hydroxylation sites is 1. The maximum atomic E-state index is 13.6. The molecule has 0 bridgehead atoms. The number of halogens is 1. The third-order valence-electron chi connectivity index (χ3n) is 3.21. The number of carbonyl (C=O) groups excluding carboxylic acids is 1. The van der Waals surface area contributed by atoms with Crippen molar-refractivity contribution < 1.29 is 9.18 Å². The van der Waals surface area contributed by atoms with Crippen LogP contribution in [0.25, 0.3) is 0 Å². The van der Waals surface area contributed by atoms with Crippen molar-refractivity contribution in [3.05, 3.63) is 30.1 Å². The Morgan fingerprint density at radius 1 is 1.35 bits per heavy atom. The number of aromatic nitrogens is 2. The molecule has 0 spiro atoms. The van der Waals surface area contributed by atoms with Crippen LogP contribution in [0.15, 0.2) is 28.6 Å². The van der Waals surface area contributed by atoms with E-state index in [9.17, 15) is 9.18 Å². The SMILES string of the molecule is CCC(C)(C)NC(=O)CSc1nnc(Nc2ccccc2F)s1. The van der Waals surface area contributed by atoms with Gasteiger partial charge in [-0.25, -0.2) is 4.39 Å². The van der Waals surface area contributed by atoms with Crippen LogP contribution < -0.4 is 10.6 Å². The van der Waals surface area contributed by atoms with Crippen LogP contribution in [0.3, 0.4) is 0 Å². The number of nitrogens with one attached hydrogen (secondary N) is 2. The van der Waals surface area contributed by atoms with Crippen LogP contribution in [0.5, 0.6) is 0 Å². The van der Waals surface area contributed by atoms with Gasteiger partial charge in [0.25, 0.3) is 0 Å². The summed E-state index contributed by atoms with van der Waals surface area (Å²) in [5.74, 6) is -0.114. The lowest BCUT2D eigenvalue weighted by molar-refractivity contribution is -0.120. The molecule has 0 saturated carbocycles. The Hall–Kier alpha value is -1.67. The molecule has 0 aliphatic heterocycles. The number of nitrogens with zero attached hydrogens (tertiary/aromatic N) is 2. The van der Waals surface area contributed by atoms with Gasteiger partial charge in [-0.15, -0.1) is 10.2 Å². The Labute approximate surface area is 143 Å². The molecule has 1 heterocycles. The molecular formula is C15H19FN4OS2. The highest BCUT2D eigenvalue weighted by molar-refractivity contribution is 8.01. The van der Waals surface area contributed by atoms with Crippen molar-refractivity contribution in [2.24, 2.45) is 0 Å². The van der Waals surface area contributed by atoms with E-state index in [1.165, 1.54) is 29.2 Å². The van der Waals surface area contributed by atoms with Crippen LogP contribution in [0.4, 0.5) is 15.2 Å². The summed E-state index contributed by atoms with van der Waals surface area (Å²) in [4.78, 5) is 11.9. The molecular weight excluding hydrogens is 335 g/mol. The predicted octanol–water partition coefficient (Wildman–Crippen LogP) is 3.82. The largest absolute Gasteiger partial charge is 0.351 e. The fraction of sp³-hybridized carbons (Fsp3) is 0.400. The highest BCUT2D eigenvalue weighted by atomic mass is 32.2. The summed E-state index contributed by atoms with van der Waals surface area (Å²) < 4.78 is 14.2. The highest BCUT2D eigenvalue weighted by Crippen LogP contribution is 2.28. The zero-order valence-electron chi connectivity index (χ0n) is 13.2. The highest BCUT2D eigenvalue weighted by Gasteiger charge is 2.18. The van der Waals surface area contributed by atoms with E-state index in [-0.39, 0.29) is 23.0 Å². The molecule has 2 rings (SSSR count). The van der Waals surface area contributed by atoms with Crippen LogP contribution in [0.2, 0.25) is 0 Å². The maximum absolute atomic E-state index is 13.6. The van der Waals surface area contributed by atoms with Gasteiger partial charge < -0.3 is 10.6 Å². The lowest BCUT2D eigenvalue weighted by Crippen LogP contribution is -2.43. The van der Waals surface area contributed by atoms with Crippen molar-refractivity contribution in [1.82, 2.24) is 15.5 Å². The average molecular weight is 354 g/mol. The monoisotopic (exact) mass is 354 g/mol. The van der Waals surface area contributed by atoms with E-state index in [1.54, 1.807) is 18.2 Å². The zero-order valence-corrected chi connectivity index (χ0v) is 14.9. The fourth-order valence-corrected chi connectivity index (χ4v) is 3.19. The van der Waals surface area contributed by atoms with E-state index in [0.717, 1.165) is 6.42 Å². The van der Waals surface area contributed by atoms with Gasteiger partial charge in [0, 0.05) is 5.54 Å². The minimum Gasteiger partial charge on any atom is -0.351 e. The van der Waals surface area contributed by atoms with E-state index < -0.39 is 0 Å². The molecule has 1 aromatic heterocycles. The van der Waals surface area contributed by atoms with Crippen LogP contribution in [-0.4, -0.2) is 27.4 Å². The van der Waals surface area contributed by atoms with Crippen molar-refractivity contribution in [3.63, 3.8) is 0 Å². The number of hydrogen-bond donors (Lipinski definition) is 2. The molecule has 8 heteroatoms. The molecule has 0 fully saturated rings. The molecule has 5 nitrogen and oxygen atoms in total. The molecule has 124 valence electrons. The van der Waals surface area contributed by atoms with Gasteiger partial charge in [0.15, 0.2) is 4.34 Å². The number of benzene rings is 1.